The van der Waals surface area contributed by atoms with E-state index in [1.165, 1.54) is 6.33 Å². The van der Waals surface area contributed by atoms with Crippen LogP contribution in [-0.2, 0) is 17.8 Å². The summed E-state index contributed by atoms with van der Waals surface area (Å²) in [5.41, 5.74) is -0.487. The fourth-order valence-corrected chi connectivity index (χ4v) is 1.98. The Morgan fingerprint density at radius 2 is 2.19 bits per heavy atom. The van der Waals surface area contributed by atoms with Crippen molar-refractivity contribution in [2.24, 2.45) is 0 Å². The van der Waals surface area contributed by atoms with E-state index in [-0.39, 0.29) is 23.9 Å². The molecule has 0 aliphatic carbocycles. The SMILES string of the molecule is Cc1[nH]c(=O)[nH]c(=O)c1CC(=O)NC(C)Cn1cncn1. The number of aromatic amines is 2. The minimum atomic E-state index is -0.582. The van der Waals surface area contributed by atoms with Crippen molar-refractivity contribution < 1.29 is 4.79 Å². The Morgan fingerprint density at radius 3 is 2.81 bits per heavy atom. The normalized spacial score (nSPS) is 12.1. The molecule has 2 rings (SSSR count). The van der Waals surface area contributed by atoms with Gasteiger partial charge in [0.15, 0.2) is 0 Å². The highest BCUT2D eigenvalue weighted by atomic mass is 16.2. The molecule has 1 amide bonds. The molecule has 0 fully saturated rings. The highest BCUT2D eigenvalue weighted by Gasteiger charge is 2.13. The number of hydrogen-bond donors (Lipinski definition) is 3. The number of carbonyl (C=O) groups is 1. The molecule has 9 heteroatoms. The van der Waals surface area contributed by atoms with E-state index in [2.05, 4.69) is 25.4 Å². The van der Waals surface area contributed by atoms with Crippen molar-refractivity contribution in [2.75, 3.05) is 0 Å². The van der Waals surface area contributed by atoms with Gasteiger partial charge in [-0.2, -0.15) is 5.10 Å². The van der Waals surface area contributed by atoms with Crippen molar-refractivity contribution in [3.63, 3.8) is 0 Å². The summed E-state index contributed by atoms with van der Waals surface area (Å²) in [6.07, 6.45) is 2.87. The Kier molecular flexibility index (Phi) is 4.31. The number of H-pyrrole nitrogens is 2. The molecule has 2 aromatic rings. The first-order chi connectivity index (χ1) is 9.95. The van der Waals surface area contributed by atoms with Crippen LogP contribution in [-0.4, -0.2) is 36.7 Å². The van der Waals surface area contributed by atoms with Gasteiger partial charge in [0.2, 0.25) is 5.91 Å². The van der Waals surface area contributed by atoms with E-state index < -0.39 is 11.2 Å². The second kappa shape index (κ2) is 6.16. The van der Waals surface area contributed by atoms with Crippen LogP contribution < -0.4 is 16.6 Å². The third-order valence-electron chi connectivity index (χ3n) is 2.93. The maximum atomic E-state index is 11.9. The van der Waals surface area contributed by atoms with Crippen molar-refractivity contribution in [1.82, 2.24) is 30.0 Å². The lowest BCUT2D eigenvalue weighted by Crippen LogP contribution is -2.38. The summed E-state index contributed by atoms with van der Waals surface area (Å²) in [5.74, 6) is -0.303. The Labute approximate surface area is 119 Å². The Bertz CT molecular complexity index is 730. The van der Waals surface area contributed by atoms with Crippen molar-refractivity contribution in [3.8, 4) is 0 Å². The summed E-state index contributed by atoms with van der Waals surface area (Å²) < 4.78 is 1.60. The lowest BCUT2D eigenvalue weighted by molar-refractivity contribution is -0.121. The molecule has 1 unspecified atom stereocenters. The lowest BCUT2D eigenvalue weighted by atomic mass is 10.1. The zero-order chi connectivity index (χ0) is 15.4. The summed E-state index contributed by atoms with van der Waals surface area (Å²) in [6, 6.07) is -0.165. The van der Waals surface area contributed by atoms with Crippen LogP contribution in [0.3, 0.4) is 0 Å². The number of rotatable bonds is 5. The molecule has 1 atom stereocenters. The van der Waals surface area contributed by atoms with E-state index in [4.69, 9.17) is 0 Å². The van der Waals surface area contributed by atoms with Gasteiger partial charge >= 0.3 is 5.69 Å². The number of nitrogens with zero attached hydrogens (tertiary/aromatic N) is 3. The van der Waals surface area contributed by atoms with Crippen LogP contribution in [0.2, 0.25) is 0 Å². The van der Waals surface area contributed by atoms with Gasteiger partial charge in [0, 0.05) is 17.3 Å². The van der Waals surface area contributed by atoms with Gasteiger partial charge in [-0.3, -0.25) is 19.3 Å². The third-order valence-corrected chi connectivity index (χ3v) is 2.93. The predicted octanol–water partition coefficient (Wildman–Crippen LogP) is -1.29. The molecule has 2 aromatic heterocycles. The fourth-order valence-electron chi connectivity index (χ4n) is 1.98. The summed E-state index contributed by atoms with van der Waals surface area (Å²) >= 11 is 0. The maximum Gasteiger partial charge on any atom is 0.325 e. The zero-order valence-electron chi connectivity index (χ0n) is 11.7. The Hall–Kier alpha value is -2.71. The summed E-state index contributed by atoms with van der Waals surface area (Å²) in [5, 5.41) is 6.71. The van der Waals surface area contributed by atoms with E-state index in [1.807, 2.05) is 6.92 Å². The second-order valence-electron chi connectivity index (χ2n) is 4.77. The van der Waals surface area contributed by atoms with Gasteiger partial charge in [-0.1, -0.05) is 0 Å². The number of amides is 1. The zero-order valence-corrected chi connectivity index (χ0v) is 11.7. The molecule has 0 radical (unpaired) electrons. The fraction of sp³-hybridized carbons (Fsp3) is 0.417. The standard InChI is InChI=1S/C12H16N6O3/c1-7(4-18-6-13-5-14-18)15-10(19)3-9-8(2)16-12(21)17-11(9)20/h5-7H,3-4H2,1-2H3,(H,15,19)(H2,16,17,20,21). The lowest BCUT2D eigenvalue weighted by Gasteiger charge is -2.13. The number of hydrogen-bond acceptors (Lipinski definition) is 5. The number of nitrogens with one attached hydrogen (secondary N) is 3. The minimum absolute atomic E-state index is 0.0976. The molecule has 9 nitrogen and oxygen atoms in total. The van der Waals surface area contributed by atoms with E-state index in [0.717, 1.165) is 0 Å². The molecule has 3 N–H and O–H groups in total. The van der Waals surface area contributed by atoms with E-state index >= 15 is 0 Å². The molecule has 0 bridgehead atoms. The first kappa shape index (κ1) is 14.7. The third kappa shape index (κ3) is 3.88. The molecule has 0 aromatic carbocycles. The molecule has 2 heterocycles. The monoisotopic (exact) mass is 292 g/mol. The Morgan fingerprint density at radius 1 is 1.43 bits per heavy atom. The van der Waals surface area contributed by atoms with Crippen LogP contribution in [0.15, 0.2) is 22.2 Å². The second-order valence-corrected chi connectivity index (χ2v) is 4.77. The highest BCUT2D eigenvalue weighted by Crippen LogP contribution is 1.97. The smallest absolute Gasteiger partial charge is 0.325 e. The Balaban J connectivity index is 1.99. The molecular formula is C12H16N6O3. The van der Waals surface area contributed by atoms with Gasteiger partial charge in [0.05, 0.1) is 13.0 Å². The van der Waals surface area contributed by atoms with Crippen LogP contribution in [0.1, 0.15) is 18.2 Å². The first-order valence-corrected chi connectivity index (χ1v) is 6.39. The number of carbonyl (C=O) groups excluding carboxylic acids is 1. The summed E-state index contributed by atoms with van der Waals surface area (Å²) in [6.45, 7) is 3.88. The largest absolute Gasteiger partial charge is 0.351 e. The molecule has 112 valence electrons. The van der Waals surface area contributed by atoms with Crippen molar-refractivity contribution >= 4 is 5.91 Å². The predicted molar refractivity (Wildman–Crippen MR) is 73.8 cm³/mol. The van der Waals surface area contributed by atoms with E-state index in [0.29, 0.717) is 12.2 Å². The minimum Gasteiger partial charge on any atom is -0.351 e. The van der Waals surface area contributed by atoms with Crippen LogP contribution in [0.4, 0.5) is 0 Å². The van der Waals surface area contributed by atoms with Crippen LogP contribution in [0.25, 0.3) is 0 Å². The number of aryl methyl sites for hydroxylation is 1. The van der Waals surface area contributed by atoms with E-state index in [1.54, 1.807) is 17.9 Å². The molecule has 0 saturated carbocycles. The van der Waals surface area contributed by atoms with Gasteiger partial charge in [-0.25, -0.2) is 9.78 Å². The van der Waals surface area contributed by atoms with Crippen molar-refractivity contribution in [3.05, 3.63) is 44.8 Å². The maximum absolute atomic E-state index is 11.9. The summed E-state index contributed by atoms with van der Waals surface area (Å²) in [4.78, 5) is 43.1. The quantitative estimate of drug-likeness (QED) is 0.632. The van der Waals surface area contributed by atoms with Crippen LogP contribution in [0, 0.1) is 6.92 Å². The van der Waals surface area contributed by atoms with E-state index in [9.17, 15) is 14.4 Å². The molecule has 0 spiro atoms. The molecule has 0 aliphatic heterocycles. The molecule has 0 aliphatic rings. The van der Waals surface area contributed by atoms with Gasteiger partial charge in [-0.05, 0) is 13.8 Å². The van der Waals surface area contributed by atoms with Gasteiger partial charge in [-0.15, -0.1) is 0 Å². The van der Waals surface area contributed by atoms with Gasteiger partial charge < -0.3 is 10.3 Å². The molecule has 0 saturated heterocycles. The molecule has 21 heavy (non-hydrogen) atoms. The molecular weight excluding hydrogens is 276 g/mol. The van der Waals surface area contributed by atoms with Crippen molar-refractivity contribution in [2.45, 2.75) is 32.9 Å². The highest BCUT2D eigenvalue weighted by molar-refractivity contribution is 5.78. The summed E-state index contributed by atoms with van der Waals surface area (Å²) in [7, 11) is 0. The number of aromatic nitrogens is 5. The van der Waals surface area contributed by atoms with Crippen molar-refractivity contribution in [1.29, 1.82) is 0 Å². The van der Waals surface area contributed by atoms with Crippen LogP contribution in [0.5, 0.6) is 0 Å². The first-order valence-electron chi connectivity index (χ1n) is 6.39. The topological polar surface area (TPSA) is 126 Å². The average Bonchev–Trinajstić information content (AvgIpc) is 2.86. The van der Waals surface area contributed by atoms with Gasteiger partial charge in [0.1, 0.15) is 12.7 Å². The van der Waals surface area contributed by atoms with Gasteiger partial charge in [0.25, 0.3) is 5.56 Å². The average molecular weight is 292 g/mol. The van der Waals surface area contributed by atoms with Crippen LogP contribution >= 0.6 is 0 Å².